The van der Waals surface area contributed by atoms with Gasteiger partial charge in [-0.15, -0.1) is 0 Å². The zero-order chi connectivity index (χ0) is 15.4. The average Bonchev–Trinajstić information content (AvgIpc) is 2.77. The van der Waals surface area contributed by atoms with E-state index in [2.05, 4.69) is 30.5 Å². The fourth-order valence-corrected chi connectivity index (χ4v) is 2.59. The summed E-state index contributed by atoms with van der Waals surface area (Å²) in [6, 6.07) is 7.82. The molecule has 2 N–H and O–H groups in total. The van der Waals surface area contributed by atoms with Gasteiger partial charge in [-0.3, -0.25) is 4.79 Å². The van der Waals surface area contributed by atoms with Crippen LogP contribution in [0, 0.1) is 12.8 Å². The Morgan fingerprint density at radius 2 is 2.00 bits per heavy atom. The van der Waals surface area contributed by atoms with Gasteiger partial charge in [0.1, 0.15) is 11.3 Å². The van der Waals surface area contributed by atoms with Crippen molar-refractivity contribution in [3.8, 4) is 0 Å². The van der Waals surface area contributed by atoms with Gasteiger partial charge in [-0.25, -0.2) is 0 Å². The summed E-state index contributed by atoms with van der Waals surface area (Å²) in [5, 5.41) is 7.21. The van der Waals surface area contributed by atoms with Crippen molar-refractivity contribution >= 4 is 16.9 Å². The lowest BCUT2D eigenvalue weighted by molar-refractivity contribution is -0.123. The fourth-order valence-electron chi connectivity index (χ4n) is 2.59. The van der Waals surface area contributed by atoms with Crippen LogP contribution in [0.4, 0.5) is 0 Å². The Hall–Kier alpha value is -1.81. The van der Waals surface area contributed by atoms with Crippen molar-refractivity contribution in [2.24, 2.45) is 5.92 Å². The molecule has 1 unspecified atom stereocenters. The van der Waals surface area contributed by atoms with Gasteiger partial charge >= 0.3 is 0 Å². The number of carbonyl (C=O) groups is 1. The minimum absolute atomic E-state index is 0.0363. The van der Waals surface area contributed by atoms with Gasteiger partial charge in [0.2, 0.25) is 5.91 Å². The number of benzene rings is 1. The van der Waals surface area contributed by atoms with Crippen molar-refractivity contribution in [1.82, 2.24) is 10.6 Å². The summed E-state index contributed by atoms with van der Waals surface area (Å²) in [5.74, 6) is 1.40. The molecule has 0 bridgehead atoms. The molecule has 0 aliphatic rings. The van der Waals surface area contributed by atoms with Crippen molar-refractivity contribution in [2.45, 2.75) is 39.8 Å². The van der Waals surface area contributed by atoms with E-state index in [0.717, 1.165) is 28.7 Å². The number of likely N-dealkylation sites (N-methyl/N-ethyl adjacent to an activating group) is 1. The van der Waals surface area contributed by atoms with Gasteiger partial charge in [-0.05, 0) is 25.3 Å². The summed E-state index contributed by atoms with van der Waals surface area (Å²) in [7, 11) is 1.68. The summed E-state index contributed by atoms with van der Waals surface area (Å²) < 4.78 is 5.76. The molecule has 1 aromatic carbocycles. The molecule has 1 amide bonds. The van der Waals surface area contributed by atoms with Gasteiger partial charge in [0.05, 0.1) is 6.04 Å². The number of aryl methyl sites for hydroxylation is 1. The molecule has 2 aromatic rings. The Balaban J connectivity index is 2.15. The molecule has 2 rings (SSSR count). The molecule has 114 valence electrons. The van der Waals surface area contributed by atoms with Crippen LogP contribution in [-0.2, 0) is 11.3 Å². The van der Waals surface area contributed by atoms with Crippen molar-refractivity contribution in [1.29, 1.82) is 0 Å². The summed E-state index contributed by atoms with van der Waals surface area (Å²) in [5.41, 5.74) is 2.02. The third kappa shape index (κ3) is 3.64. The SMILES string of the molecule is CNC(=O)C(CC(C)C)NCc1c(C)oc2ccccc12. The van der Waals surface area contributed by atoms with Crippen LogP contribution in [0.25, 0.3) is 11.0 Å². The predicted molar refractivity (Wildman–Crippen MR) is 85.1 cm³/mol. The molecule has 0 aliphatic carbocycles. The number of carbonyl (C=O) groups excluding carboxylic acids is 1. The molecule has 21 heavy (non-hydrogen) atoms. The lowest BCUT2D eigenvalue weighted by Crippen LogP contribution is -2.43. The summed E-state index contributed by atoms with van der Waals surface area (Å²) in [6.07, 6.45) is 0.814. The van der Waals surface area contributed by atoms with Crippen LogP contribution in [0.15, 0.2) is 28.7 Å². The summed E-state index contributed by atoms with van der Waals surface area (Å²) in [6.45, 7) is 6.84. The van der Waals surface area contributed by atoms with Crippen molar-refractivity contribution in [3.05, 3.63) is 35.6 Å². The third-order valence-electron chi connectivity index (χ3n) is 3.70. The van der Waals surface area contributed by atoms with Crippen LogP contribution in [-0.4, -0.2) is 19.0 Å². The van der Waals surface area contributed by atoms with E-state index in [-0.39, 0.29) is 11.9 Å². The second-order valence-electron chi connectivity index (χ2n) is 5.81. The molecule has 4 nitrogen and oxygen atoms in total. The second-order valence-corrected chi connectivity index (χ2v) is 5.81. The Morgan fingerprint density at radius 3 is 2.67 bits per heavy atom. The third-order valence-corrected chi connectivity index (χ3v) is 3.70. The fraction of sp³-hybridized carbons (Fsp3) is 0.471. The first-order chi connectivity index (χ1) is 10.0. The van der Waals surface area contributed by atoms with E-state index < -0.39 is 0 Å². The standard InChI is InChI=1S/C17H24N2O2/c1-11(2)9-15(17(20)18-4)19-10-14-12(3)21-16-8-6-5-7-13(14)16/h5-8,11,15,19H,9-10H2,1-4H3,(H,18,20). The van der Waals surface area contributed by atoms with Crippen molar-refractivity contribution < 1.29 is 9.21 Å². The maximum absolute atomic E-state index is 12.0. The Bertz CT molecular complexity index is 616. The van der Waals surface area contributed by atoms with Crippen LogP contribution in [0.3, 0.4) is 0 Å². The summed E-state index contributed by atoms with van der Waals surface area (Å²) >= 11 is 0. The van der Waals surface area contributed by atoms with Crippen LogP contribution in [0.2, 0.25) is 0 Å². The largest absolute Gasteiger partial charge is 0.461 e. The molecule has 1 atom stereocenters. The maximum atomic E-state index is 12.0. The molecule has 4 heteroatoms. The molecule has 0 spiro atoms. The molecule has 0 saturated heterocycles. The Kier molecular flexibility index (Phi) is 5.02. The zero-order valence-corrected chi connectivity index (χ0v) is 13.2. The quantitative estimate of drug-likeness (QED) is 0.859. The van der Waals surface area contributed by atoms with Crippen LogP contribution >= 0.6 is 0 Å². The Labute approximate surface area is 125 Å². The highest BCUT2D eigenvalue weighted by Gasteiger charge is 2.19. The van der Waals surface area contributed by atoms with Crippen LogP contribution in [0.1, 0.15) is 31.6 Å². The molecule has 1 aromatic heterocycles. The number of hydrogen-bond donors (Lipinski definition) is 2. The lowest BCUT2D eigenvalue weighted by atomic mass is 10.0. The van der Waals surface area contributed by atoms with E-state index in [1.807, 2.05) is 25.1 Å². The number of nitrogens with one attached hydrogen (secondary N) is 2. The smallest absolute Gasteiger partial charge is 0.236 e. The van der Waals surface area contributed by atoms with Gasteiger partial charge in [0, 0.05) is 24.5 Å². The van der Waals surface area contributed by atoms with Gasteiger partial charge in [-0.2, -0.15) is 0 Å². The molecular weight excluding hydrogens is 264 g/mol. The van der Waals surface area contributed by atoms with Crippen LogP contribution in [0.5, 0.6) is 0 Å². The summed E-state index contributed by atoms with van der Waals surface area (Å²) in [4.78, 5) is 12.0. The number of para-hydroxylation sites is 1. The van der Waals surface area contributed by atoms with E-state index in [4.69, 9.17) is 4.42 Å². The van der Waals surface area contributed by atoms with Gasteiger partial charge in [0.15, 0.2) is 0 Å². The number of fused-ring (bicyclic) bond motifs is 1. The molecule has 0 radical (unpaired) electrons. The zero-order valence-electron chi connectivity index (χ0n) is 13.2. The molecule has 1 heterocycles. The maximum Gasteiger partial charge on any atom is 0.236 e. The number of furan rings is 1. The Morgan fingerprint density at radius 1 is 1.29 bits per heavy atom. The van der Waals surface area contributed by atoms with Crippen molar-refractivity contribution in [3.63, 3.8) is 0 Å². The first-order valence-corrected chi connectivity index (χ1v) is 7.45. The first-order valence-electron chi connectivity index (χ1n) is 7.45. The highest BCUT2D eigenvalue weighted by atomic mass is 16.3. The topological polar surface area (TPSA) is 54.3 Å². The molecule has 0 aliphatic heterocycles. The van der Waals surface area contributed by atoms with Gasteiger partial charge < -0.3 is 15.1 Å². The highest BCUT2D eigenvalue weighted by Crippen LogP contribution is 2.25. The number of rotatable bonds is 6. The first kappa shape index (κ1) is 15.6. The number of amides is 1. The van der Waals surface area contributed by atoms with Crippen molar-refractivity contribution in [2.75, 3.05) is 7.05 Å². The van der Waals surface area contributed by atoms with E-state index >= 15 is 0 Å². The molecule has 0 fully saturated rings. The van der Waals surface area contributed by atoms with E-state index in [9.17, 15) is 4.79 Å². The molecule has 0 saturated carbocycles. The predicted octanol–water partition coefficient (Wildman–Crippen LogP) is 2.99. The number of hydrogen-bond acceptors (Lipinski definition) is 3. The van der Waals surface area contributed by atoms with E-state index in [0.29, 0.717) is 12.5 Å². The monoisotopic (exact) mass is 288 g/mol. The molecular formula is C17H24N2O2. The van der Waals surface area contributed by atoms with E-state index in [1.54, 1.807) is 7.05 Å². The minimum Gasteiger partial charge on any atom is -0.461 e. The second kappa shape index (κ2) is 6.76. The normalized spacial score (nSPS) is 12.8. The van der Waals surface area contributed by atoms with Crippen LogP contribution < -0.4 is 10.6 Å². The highest BCUT2D eigenvalue weighted by molar-refractivity contribution is 5.83. The van der Waals surface area contributed by atoms with E-state index in [1.165, 1.54) is 0 Å². The lowest BCUT2D eigenvalue weighted by Gasteiger charge is -2.19. The van der Waals surface area contributed by atoms with Gasteiger partial charge in [-0.1, -0.05) is 32.0 Å². The average molecular weight is 288 g/mol. The van der Waals surface area contributed by atoms with Gasteiger partial charge in [0.25, 0.3) is 0 Å². The minimum atomic E-state index is -0.178.